The van der Waals surface area contributed by atoms with Crippen LogP contribution in [0.2, 0.25) is 10.0 Å². The van der Waals surface area contributed by atoms with E-state index in [0.717, 1.165) is 23.3 Å². The molecule has 1 atom stereocenters. The zero-order valence-electron chi connectivity index (χ0n) is 14.5. The molecule has 2 aromatic carbocycles. The first-order chi connectivity index (χ1) is 12.0. The summed E-state index contributed by atoms with van der Waals surface area (Å²) in [7, 11) is 0. The van der Waals surface area contributed by atoms with Crippen molar-refractivity contribution < 1.29 is 4.79 Å². The minimum absolute atomic E-state index is 0.0549. The number of nitrogens with one attached hydrogen (secondary N) is 1. The van der Waals surface area contributed by atoms with Gasteiger partial charge in [0.25, 0.3) is 0 Å². The fourth-order valence-corrected chi connectivity index (χ4v) is 3.67. The summed E-state index contributed by atoms with van der Waals surface area (Å²) in [6.45, 7) is 4.34. The third-order valence-electron chi connectivity index (χ3n) is 3.73. The molecule has 0 aliphatic rings. The van der Waals surface area contributed by atoms with Gasteiger partial charge in [-0.25, -0.2) is 0 Å². The smallest absolute Gasteiger partial charge is 0.230 e. The number of halogens is 2. The highest BCUT2D eigenvalue weighted by Crippen LogP contribution is 2.25. The van der Waals surface area contributed by atoms with Crippen LogP contribution in [0.5, 0.6) is 0 Å². The van der Waals surface area contributed by atoms with Crippen LogP contribution in [-0.4, -0.2) is 11.7 Å². The second-order valence-corrected chi connectivity index (χ2v) is 8.20. The highest BCUT2D eigenvalue weighted by molar-refractivity contribution is 7.99. The SMILES string of the molecule is CC(C)CC(NC(=O)CSCc1ccc(Cl)c(Cl)c1)c1ccccc1. The van der Waals surface area contributed by atoms with Crippen LogP contribution >= 0.6 is 35.0 Å². The maximum atomic E-state index is 12.3. The Morgan fingerprint density at radius 2 is 1.80 bits per heavy atom. The van der Waals surface area contributed by atoms with Crippen molar-refractivity contribution in [1.82, 2.24) is 5.32 Å². The summed E-state index contributed by atoms with van der Waals surface area (Å²) in [5.41, 5.74) is 2.22. The largest absolute Gasteiger partial charge is 0.349 e. The summed E-state index contributed by atoms with van der Waals surface area (Å²) >= 11 is 13.5. The van der Waals surface area contributed by atoms with Gasteiger partial charge < -0.3 is 5.32 Å². The van der Waals surface area contributed by atoms with Crippen LogP contribution in [0.25, 0.3) is 0 Å². The van der Waals surface area contributed by atoms with Gasteiger partial charge in [0.1, 0.15) is 0 Å². The molecule has 0 aromatic heterocycles. The molecule has 1 amide bonds. The van der Waals surface area contributed by atoms with Gasteiger partial charge in [-0.3, -0.25) is 4.79 Å². The monoisotopic (exact) mass is 395 g/mol. The molecule has 0 heterocycles. The van der Waals surface area contributed by atoms with E-state index in [1.54, 1.807) is 17.8 Å². The van der Waals surface area contributed by atoms with Crippen LogP contribution in [-0.2, 0) is 10.5 Å². The van der Waals surface area contributed by atoms with E-state index < -0.39 is 0 Å². The van der Waals surface area contributed by atoms with Crippen molar-refractivity contribution in [3.8, 4) is 0 Å². The predicted octanol–water partition coefficient (Wildman–Crippen LogP) is 6.13. The summed E-state index contributed by atoms with van der Waals surface area (Å²) in [5, 5.41) is 4.26. The van der Waals surface area contributed by atoms with Gasteiger partial charge in [-0.2, -0.15) is 0 Å². The maximum Gasteiger partial charge on any atom is 0.230 e. The van der Waals surface area contributed by atoms with Crippen LogP contribution in [0.3, 0.4) is 0 Å². The summed E-state index contributed by atoms with van der Waals surface area (Å²) in [6, 6.07) is 15.8. The molecule has 134 valence electrons. The molecule has 0 aliphatic carbocycles. The van der Waals surface area contributed by atoms with Gasteiger partial charge in [-0.1, -0.05) is 73.4 Å². The summed E-state index contributed by atoms with van der Waals surface area (Å²) in [4.78, 5) is 12.3. The highest BCUT2D eigenvalue weighted by Gasteiger charge is 2.16. The Hall–Kier alpha value is -1.16. The van der Waals surface area contributed by atoms with Crippen molar-refractivity contribution in [1.29, 1.82) is 0 Å². The molecule has 1 unspecified atom stereocenters. The van der Waals surface area contributed by atoms with Crippen LogP contribution in [0.15, 0.2) is 48.5 Å². The van der Waals surface area contributed by atoms with Gasteiger partial charge >= 0.3 is 0 Å². The molecule has 0 radical (unpaired) electrons. The minimum Gasteiger partial charge on any atom is -0.349 e. The standard InChI is InChI=1S/C20H23Cl2NOS/c1-14(2)10-19(16-6-4-3-5-7-16)23-20(24)13-25-12-15-8-9-17(21)18(22)11-15/h3-9,11,14,19H,10,12-13H2,1-2H3,(H,23,24). The minimum atomic E-state index is 0.0549. The number of amides is 1. The Morgan fingerprint density at radius 3 is 2.44 bits per heavy atom. The van der Waals surface area contributed by atoms with E-state index in [0.29, 0.717) is 21.7 Å². The molecule has 0 fully saturated rings. The van der Waals surface area contributed by atoms with Crippen LogP contribution in [0.1, 0.15) is 37.4 Å². The number of benzene rings is 2. The summed E-state index contributed by atoms with van der Waals surface area (Å²) in [5.74, 6) is 1.71. The van der Waals surface area contributed by atoms with Gasteiger partial charge in [-0.15, -0.1) is 11.8 Å². The van der Waals surface area contributed by atoms with Crippen LogP contribution in [0.4, 0.5) is 0 Å². The molecule has 1 N–H and O–H groups in total. The zero-order valence-corrected chi connectivity index (χ0v) is 16.8. The Kier molecular flexibility index (Phi) is 8.14. The van der Waals surface area contributed by atoms with Crippen molar-refractivity contribution in [2.45, 2.75) is 32.1 Å². The first kappa shape index (κ1) is 20.2. The van der Waals surface area contributed by atoms with E-state index in [-0.39, 0.29) is 11.9 Å². The number of hydrogen-bond acceptors (Lipinski definition) is 2. The van der Waals surface area contributed by atoms with Crippen molar-refractivity contribution in [3.63, 3.8) is 0 Å². The first-order valence-corrected chi connectivity index (χ1v) is 10.2. The molecule has 5 heteroatoms. The highest BCUT2D eigenvalue weighted by atomic mass is 35.5. The topological polar surface area (TPSA) is 29.1 Å². The van der Waals surface area contributed by atoms with Gasteiger partial charge in [-0.05, 0) is 35.6 Å². The second kappa shape index (κ2) is 10.1. The van der Waals surface area contributed by atoms with E-state index in [2.05, 4.69) is 31.3 Å². The Balaban J connectivity index is 1.87. The zero-order chi connectivity index (χ0) is 18.2. The third kappa shape index (κ3) is 6.93. The molecule has 0 bridgehead atoms. The van der Waals surface area contributed by atoms with Crippen molar-refractivity contribution in [2.75, 3.05) is 5.75 Å². The number of carbonyl (C=O) groups excluding carboxylic acids is 1. The quantitative estimate of drug-likeness (QED) is 0.582. The number of rotatable bonds is 8. The molecule has 25 heavy (non-hydrogen) atoms. The number of carbonyl (C=O) groups is 1. The number of thioether (sulfide) groups is 1. The molecule has 0 spiro atoms. The van der Waals surface area contributed by atoms with E-state index in [1.165, 1.54) is 0 Å². The molecular weight excluding hydrogens is 373 g/mol. The molecule has 2 aromatic rings. The summed E-state index contributed by atoms with van der Waals surface area (Å²) < 4.78 is 0. The second-order valence-electron chi connectivity index (χ2n) is 6.40. The molecule has 0 saturated heterocycles. The lowest BCUT2D eigenvalue weighted by molar-refractivity contribution is -0.119. The Morgan fingerprint density at radius 1 is 1.08 bits per heavy atom. The summed E-state index contributed by atoms with van der Waals surface area (Å²) in [6.07, 6.45) is 0.924. The lowest BCUT2D eigenvalue weighted by atomic mass is 9.97. The fraction of sp³-hybridized carbons (Fsp3) is 0.350. The molecular formula is C20H23Cl2NOS. The van der Waals surface area contributed by atoms with Gasteiger partial charge in [0.2, 0.25) is 5.91 Å². The fourth-order valence-electron chi connectivity index (χ4n) is 2.56. The Bertz CT molecular complexity index is 691. The average Bonchev–Trinajstić information content (AvgIpc) is 2.58. The molecule has 0 saturated carbocycles. The number of hydrogen-bond donors (Lipinski definition) is 1. The van der Waals surface area contributed by atoms with E-state index in [1.807, 2.05) is 30.3 Å². The van der Waals surface area contributed by atoms with Gasteiger partial charge in [0.05, 0.1) is 21.8 Å². The lowest BCUT2D eigenvalue weighted by Crippen LogP contribution is -2.30. The van der Waals surface area contributed by atoms with E-state index >= 15 is 0 Å². The van der Waals surface area contributed by atoms with Crippen molar-refractivity contribution in [3.05, 3.63) is 69.7 Å². The average molecular weight is 396 g/mol. The Labute approximate surface area is 164 Å². The van der Waals surface area contributed by atoms with Crippen LogP contribution < -0.4 is 5.32 Å². The van der Waals surface area contributed by atoms with Crippen molar-refractivity contribution >= 4 is 40.9 Å². The molecule has 2 nitrogen and oxygen atoms in total. The van der Waals surface area contributed by atoms with Crippen molar-refractivity contribution in [2.24, 2.45) is 5.92 Å². The van der Waals surface area contributed by atoms with Gasteiger partial charge in [0, 0.05) is 5.75 Å². The molecule has 0 aliphatic heterocycles. The van der Waals surface area contributed by atoms with E-state index in [9.17, 15) is 4.79 Å². The lowest BCUT2D eigenvalue weighted by Gasteiger charge is -2.21. The third-order valence-corrected chi connectivity index (χ3v) is 5.47. The van der Waals surface area contributed by atoms with Gasteiger partial charge in [0.15, 0.2) is 0 Å². The molecule has 2 rings (SSSR count). The normalized spacial score (nSPS) is 12.2. The maximum absolute atomic E-state index is 12.3. The predicted molar refractivity (Wildman–Crippen MR) is 109 cm³/mol. The first-order valence-electron chi connectivity index (χ1n) is 8.31. The van der Waals surface area contributed by atoms with E-state index in [4.69, 9.17) is 23.2 Å². The van der Waals surface area contributed by atoms with Crippen LogP contribution in [0, 0.1) is 5.92 Å².